The summed E-state index contributed by atoms with van der Waals surface area (Å²) in [7, 11) is 2.63. The number of Topliss-reactive ketones (excluding diaryl/α,β-unsaturated/α-hetero) is 1. The molecule has 2 aromatic heterocycles. The van der Waals surface area contributed by atoms with Crippen molar-refractivity contribution in [1.82, 2.24) is 15.4 Å². The topological polar surface area (TPSA) is 109 Å². The highest BCUT2D eigenvalue weighted by Gasteiger charge is 2.29. The smallest absolute Gasteiger partial charge is 0.379 e. The van der Waals surface area contributed by atoms with Gasteiger partial charge in [-0.1, -0.05) is 0 Å². The summed E-state index contributed by atoms with van der Waals surface area (Å²) in [4.78, 5) is 35.5. The number of esters is 1. The highest BCUT2D eigenvalue weighted by molar-refractivity contribution is 6.43. The number of nitrogens with one attached hydrogen (secondary N) is 2. The fourth-order valence-electron chi connectivity index (χ4n) is 2.49. The molecule has 2 N–H and O–H groups in total. The summed E-state index contributed by atoms with van der Waals surface area (Å²) in [6.07, 6.45) is 4.53. The van der Waals surface area contributed by atoms with Gasteiger partial charge in [-0.05, 0) is 13.8 Å². The third-order valence-corrected chi connectivity index (χ3v) is 3.61. The van der Waals surface area contributed by atoms with Crippen molar-refractivity contribution in [3.63, 3.8) is 0 Å². The Labute approximate surface area is 137 Å². The molecular formula is C15H17N5O4. The van der Waals surface area contributed by atoms with Gasteiger partial charge in [-0.2, -0.15) is 0 Å². The van der Waals surface area contributed by atoms with E-state index >= 15 is 0 Å². The van der Waals surface area contributed by atoms with E-state index in [-0.39, 0.29) is 5.56 Å². The van der Waals surface area contributed by atoms with Gasteiger partial charge in [0, 0.05) is 6.20 Å². The van der Waals surface area contributed by atoms with E-state index in [4.69, 9.17) is 4.74 Å². The minimum Gasteiger partial charge on any atom is -0.494 e. The highest BCUT2D eigenvalue weighted by atomic mass is 16.5. The first-order chi connectivity index (χ1) is 11.4. The Kier molecular flexibility index (Phi) is 3.72. The number of carbonyl (C=O) groups excluding carboxylic acids is 2. The Hall–Kier alpha value is -2.94. The molecule has 9 heteroatoms. The maximum absolute atomic E-state index is 12.2. The van der Waals surface area contributed by atoms with Crippen LogP contribution in [0.4, 0.5) is 5.82 Å². The number of ketones is 1. The third kappa shape index (κ3) is 2.48. The molecule has 24 heavy (non-hydrogen) atoms. The lowest BCUT2D eigenvalue weighted by Gasteiger charge is -2.21. The minimum atomic E-state index is -0.946. The van der Waals surface area contributed by atoms with Crippen molar-refractivity contribution in [3.05, 3.63) is 18.0 Å². The highest BCUT2D eigenvalue weighted by Crippen LogP contribution is 2.34. The van der Waals surface area contributed by atoms with Crippen molar-refractivity contribution in [3.8, 4) is 5.75 Å². The van der Waals surface area contributed by atoms with Crippen LogP contribution in [0.2, 0.25) is 0 Å². The molecule has 9 nitrogen and oxygen atoms in total. The summed E-state index contributed by atoms with van der Waals surface area (Å²) in [5, 5.41) is 2.10. The molecular weight excluding hydrogens is 314 g/mol. The van der Waals surface area contributed by atoms with Crippen LogP contribution in [0.1, 0.15) is 24.2 Å². The first-order valence-corrected chi connectivity index (χ1v) is 7.17. The van der Waals surface area contributed by atoms with Gasteiger partial charge < -0.3 is 14.5 Å². The van der Waals surface area contributed by atoms with E-state index in [1.165, 1.54) is 19.5 Å². The van der Waals surface area contributed by atoms with Gasteiger partial charge in [0.1, 0.15) is 17.8 Å². The number of methoxy groups -OCH3 is 2. The SMILES string of the molecule is COC(=O)C(=O)c1c[nH]c2c(N3C=NC(C)(C)N3)ncc(OC)c12. The second-order valence-electron chi connectivity index (χ2n) is 5.71. The van der Waals surface area contributed by atoms with Crippen LogP contribution in [0, 0.1) is 0 Å². The first kappa shape index (κ1) is 15.9. The quantitative estimate of drug-likeness (QED) is 0.489. The van der Waals surface area contributed by atoms with Crippen molar-refractivity contribution in [1.29, 1.82) is 0 Å². The van der Waals surface area contributed by atoms with Crippen molar-refractivity contribution in [2.45, 2.75) is 19.5 Å². The predicted molar refractivity (Wildman–Crippen MR) is 87.2 cm³/mol. The first-order valence-electron chi connectivity index (χ1n) is 7.17. The molecule has 126 valence electrons. The molecule has 2 aromatic rings. The van der Waals surface area contributed by atoms with Gasteiger partial charge >= 0.3 is 5.97 Å². The molecule has 0 aromatic carbocycles. The third-order valence-electron chi connectivity index (χ3n) is 3.61. The van der Waals surface area contributed by atoms with Crippen LogP contribution in [-0.4, -0.2) is 47.9 Å². The molecule has 0 aliphatic carbocycles. The van der Waals surface area contributed by atoms with Crippen LogP contribution in [-0.2, 0) is 9.53 Å². The normalized spacial score (nSPS) is 15.8. The van der Waals surface area contributed by atoms with E-state index < -0.39 is 17.4 Å². The maximum Gasteiger partial charge on any atom is 0.379 e. The molecule has 1 aliphatic heterocycles. The minimum absolute atomic E-state index is 0.160. The number of H-pyrrole nitrogens is 1. The van der Waals surface area contributed by atoms with E-state index in [9.17, 15) is 9.59 Å². The number of hydrazine groups is 1. The number of fused-ring (bicyclic) bond motifs is 1. The van der Waals surface area contributed by atoms with E-state index in [0.717, 1.165) is 7.11 Å². The molecule has 0 unspecified atom stereocenters. The summed E-state index contributed by atoms with van der Waals surface area (Å²) in [5.74, 6) is -0.831. The van der Waals surface area contributed by atoms with Crippen LogP contribution in [0.25, 0.3) is 10.9 Å². The van der Waals surface area contributed by atoms with E-state index in [1.54, 1.807) is 11.3 Å². The number of pyridine rings is 1. The van der Waals surface area contributed by atoms with Crippen LogP contribution in [0.3, 0.4) is 0 Å². The molecule has 0 spiro atoms. The maximum atomic E-state index is 12.2. The number of aromatic amines is 1. The van der Waals surface area contributed by atoms with Crippen molar-refractivity contribution >= 4 is 34.8 Å². The lowest BCUT2D eigenvalue weighted by atomic mass is 10.1. The number of anilines is 1. The molecule has 0 radical (unpaired) electrons. The summed E-state index contributed by atoms with van der Waals surface area (Å²) in [6, 6.07) is 0. The fourth-order valence-corrected chi connectivity index (χ4v) is 2.49. The van der Waals surface area contributed by atoms with Crippen molar-refractivity contribution in [2.24, 2.45) is 4.99 Å². The Morgan fingerprint density at radius 2 is 2.04 bits per heavy atom. The van der Waals surface area contributed by atoms with Gasteiger partial charge in [0.25, 0.3) is 5.78 Å². The number of hydrogen-bond acceptors (Lipinski definition) is 8. The molecule has 0 atom stereocenters. The lowest BCUT2D eigenvalue weighted by Crippen LogP contribution is -2.43. The molecule has 3 rings (SSSR count). The molecule has 0 bridgehead atoms. The van der Waals surface area contributed by atoms with Gasteiger partial charge in [0.15, 0.2) is 5.82 Å². The molecule has 0 saturated carbocycles. The number of aromatic nitrogens is 2. The van der Waals surface area contributed by atoms with Gasteiger partial charge in [-0.3, -0.25) is 9.79 Å². The zero-order chi connectivity index (χ0) is 17.5. The Balaban J connectivity index is 2.15. The van der Waals surface area contributed by atoms with Crippen molar-refractivity contribution < 1.29 is 19.1 Å². The van der Waals surface area contributed by atoms with Gasteiger partial charge in [0.2, 0.25) is 0 Å². The zero-order valence-electron chi connectivity index (χ0n) is 13.7. The number of rotatable bonds is 4. The number of hydrogen-bond donors (Lipinski definition) is 2. The molecule has 1 aliphatic rings. The van der Waals surface area contributed by atoms with E-state index in [2.05, 4.69) is 25.1 Å². The van der Waals surface area contributed by atoms with Crippen LogP contribution < -0.4 is 15.2 Å². The summed E-state index contributed by atoms with van der Waals surface area (Å²) >= 11 is 0. The van der Waals surface area contributed by atoms with E-state index in [1.807, 2.05) is 13.8 Å². The average Bonchev–Trinajstić information content (AvgIpc) is 3.16. The fraction of sp³-hybridized carbons (Fsp3) is 0.333. The largest absolute Gasteiger partial charge is 0.494 e. The van der Waals surface area contributed by atoms with Crippen molar-refractivity contribution in [2.75, 3.05) is 19.2 Å². The lowest BCUT2D eigenvalue weighted by molar-refractivity contribution is -0.135. The van der Waals surface area contributed by atoms with Crippen LogP contribution in [0.5, 0.6) is 5.75 Å². The van der Waals surface area contributed by atoms with Crippen LogP contribution >= 0.6 is 0 Å². The zero-order valence-corrected chi connectivity index (χ0v) is 13.7. The number of nitrogens with zero attached hydrogens (tertiary/aromatic N) is 3. The second-order valence-corrected chi connectivity index (χ2v) is 5.71. The van der Waals surface area contributed by atoms with Gasteiger partial charge in [0.05, 0.1) is 36.9 Å². The Bertz CT molecular complexity index is 855. The Morgan fingerprint density at radius 3 is 2.62 bits per heavy atom. The number of carbonyl (C=O) groups is 2. The molecule has 0 amide bonds. The Morgan fingerprint density at radius 1 is 1.29 bits per heavy atom. The average molecular weight is 331 g/mol. The second kappa shape index (κ2) is 5.60. The molecule has 3 heterocycles. The number of ether oxygens (including phenoxy) is 2. The van der Waals surface area contributed by atoms with Gasteiger partial charge in [-0.15, -0.1) is 0 Å². The number of aliphatic imine (C=N–C) groups is 1. The summed E-state index contributed by atoms with van der Waals surface area (Å²) in [6.45, 7) is 3.82. The standard InChI is InChI=1S/C15H17N5O4/c1-15(2)18-7-20(19-15)13-11-10(9(23-3)6-17-13)8(5-16-11)12(21)14(22)24-4/h5-7,16,19H,1-4H3. The molecule has 0 fully saturated rings. The van der Waals surface area contributed by atoms with Gasteiger partial charge in [-0.25, -0.2) is 20.2 Å². The molecule has 0 saturated heterocycles. The van der Waals surface area contributed by atoms with Crippen LogP contribution in [0.15, 0.2) is 17.4 Å². The monoisotopic (exact) mass is 331 g/mol. The van der Waals surface area contributed by atoms with E-state index in [0.29, 0.717) is 22.5 Å². The predicted octanol–water partition coefficient (Wildman–Crippen LogP) is 1.02. The summed E-state index contributed by atoms with van der Waals surface area (Å²) in [5.41, 5.74) is 3.39. The summed E-state index contributed by atoms with van der Waals surface area (Å²) < 4.78 is 9.80.